The number of aromatic nitrogens is 1. The molecule has 1 aromatic heterocycles. The molecule has 0 bridgehead atoms. The van der Waals surface area contributed by atoms with Gasteiger partial charge >= 0.3 is 0 Å². The first-order valence-electron chi connectivity index (χ1n) is 9.37. The predicted octanol–water partition coefficient (Wildman–Crippen LogP) is 3.96. The second-order valence-corrected chi connectivity index (χ2v) is 6.89. The number of anilines is 1. The summed E-state index contributed by atoms with van der Waals surface area (Å²) in [7, 11) is 0. The van der Waals surface area contributed by atoms with E-state index in [1.807, 2.05) is 35.2 Å². The molecule has 2 heterocycles. The number of rotatable bonds is 4. The van der Waals surface area contributed by atoms with Gasteiger partial charge in [-0.05, 0) is 36.2 Å². The Morgan fingerprint density at radius 2 is 1.75 bits per heavy atom. The first-order valence-corrected chi connectivity index (χ1v) is 9.37. The van der Waals surface area contributed by atoms with Crippen LogP contribution in [0.5, 0.6) is 0 Å². The van der Waals surface area contributed by atoms with Gasteiger partial charge in [0.25, 0.3) is 11.8 Å². The number of carbonyl (C=O) groups is 2. The molecule has 1 unspecified atom stereocenters. The lowest BCUT2D eigenvalue weighted by molar-refractivity contribution is 0.0792. The van der Waals surface area contributed by atoms with Crippen molar-refractivity contribution in [2.24, 2.45) is 0 Å². The second-order valence-electron chi connectivity index (χ2n) is 6.89. The summed E-state index contributed by atoms with van der Waals surface area (Å²) in [6, 6.07) is 20.8. The van der Waals surface area contributed by atoms with Gasteiger partial charge < -0.3 is 10.2 Å². The third kappa shape index (κ3) is 3.78. The van der Waals surface area contributed by atoms with Gasteiger partial charge in [-0.15, -0.1) is 0 Å². The molecule has 1 fully saturated rings. The molecule has 28 heavy (non-hydrogen) atoms. The Bertz CT molecular complexity index is 973. The number of nitrogens with one attached hydrogen (secondary N) is 1. The topological polar surface area (TPSA) is 62.3 Å². The van der Waals surface area contributed by atoms with Crippen molar-refractivity contribution >= 4 is 17.5 Å². The smallest absolute Gasteiger partial charge is 0.257 e. The van der Waals surface area contributed by atoms with Crippen LogP contribution < -0.4 is 5.32 Å². The van der Waals surface area contributed by atoms with Crippen LogP contribution in [0.25, 0.3) is 0 Å². The molecule has 4 rings (SSSR count). The number of nitrogens with zero attached hydrogens (tertiary/aromatic N) is 2. The average Bonchev–Trinajstić information content (AvgIpc) is 3.25. The molecule has 1 aliphatic heterocycles. The van der Waals surface area contributed by atoms with Crippen molar-refractivity contribution in [3.8, 4) is 0 Å². The Hall–Kier alpha value is -3.47. The van der Waals surface area contributed by atoms with Crippen LogP contribution in [-0.2, 0) is 0 Å². The minimum absolute atomic E-state index is 0.0551. The van der Waals surface area contributed by atoms with Crippen molar-refractivity contribution in [2.45, 2.75) is 12.3 Å². The summed E-state index contributed by atoms with van der Waals surface area (Å²) < 4.78 is 0. The molecule has 0 saturated carbocycles. The van der Waals surface area contributed by atoms with Gasteiger partial charge in [0.05, 0.1) is 16.8 Å². The van der Waals surface area contributed by atoms with E-state index in [1.165, 1.54) is 11.8 Å². The van der Waals surface area contributed by atoms with Crippen molar-refractivity contribution in [2.75, 3.05) is 18.4 Å². The molecule has 0 spiro atoms. The fraction of sp³-hybridized carbons (Fsp3) is 0.174. The van der Waals surface area contributed by atoms with Crippen molar-refractivity contribution in [3.05, 3.63) is 95.8 Å². The zero-order valence-corrected chi connectivity index (χ0v) is 15.4. The van der Waals surface area contributed by atoms with Crippen molar-refractivity contribution in [3.63, 3.8) is 0 Å². The van der Waals surface area contributed by atoms with E-state index >= 15 is 0 Å². The molecular weight excluding hydrogens is 350 g/mol. The minimum atomic E-state index is -0.281. The number of pyridine rings is 1. The highest BCUT2D eigenvalue weighted by Crippen LogP contribution is 2.29. The van der Waals surface area contributed by atoms with E-state index in [1.54, 1.807) is 30.5 Å². The molecule has 1 N–H and O–H groups in total. The molecule has 1 aliphatic rings. The zero-order chi connectivity index (χ0) is 19.3. The standard InChI is InChI=1S/C23H21N3O2/c27-22(18-9-6-13-24-15-18)25-21-11-5-4-10-20(21)23(28)26-14-12-19(16-26)17-7-2-1-3-8-17/h1-11,13,15,19H,12,14,16H2,(H,25,27). The van der Waals surface area contributed by atoms with Gasteiger partial charge in [0.15, 0.2) is 0 Å². The van der Waals surface area contributed by atoms with E-state index < -0.39 is 0 Å². The SMILES string of the molecule is O=C(Nc1ccccc1C(=O)N1CCC(c2ccccc2)C1)c1cccnc1. The third-order valence-electron chi connectivity index (χ3n) is 5.08. The summed E-state index contributed by atoms with van der Waals surface area (Å²) >= 11 is 0. The quantitative estimate of drug-likeness (QED) is 0.755. The predicted molar refractivity (Wildman–Crippen MR) is 108 cm³/mol. The number of amides is 2. The normalized spacial score (nSPS) is 16.0. The molecule has 2 aromatic carbocycles. The fourth-order valence-corrected chi connectivity index (χ4v) is 3.58. The fourth-order valence-electron chi connectivity index (χ4n) is 3.58. The van der Waals surface area contributed by atoms with Gasteiger partial charge in [-0.3, -0.25) is 14.6 Å². The summed E-state index contributed by atoms with van der Waals surface area (Å²) in [4.78, 5) is 31.4. The number of benzene rings is 2. The van der Waals surface area contributed by atoms with Crippen LogP contribution in [0.15, 0.2) is 79.1 Å². The number of carbonyl (C=O) groups excluding carboxylic acids is 2. The van der Waals surface area contributed by atoms with Gasteiger partial charge in [0, 0.05) is 31.4 Å². The maximum Gasteiger partial charge on any atom is 0.257 e. The van der Waals surface area contributed by atoms with Crippen molar-refractivity contribution < 1.29 is 9.59 Å². The second kappa shape index (κ2) is 8.05. The Balaban J connectivity index is 1.50. The minimum Gasteiger partial charge on any atom is -0.338 e. The molecule has 0 aliphatic carbocycles. The summed E-state index contributed by atoms with van der Waals surface area (Å²) in [6.45, 7) is 1.40. The average molecular weight is 371 g/mol. The zero-order valence-electron chi connectivity index (χ0n) is 15.4. The van der Waals surface area contributed by atoms with Crippen LogP contribution >= 0.6 is 0 Å². The molecule has 140 valence electrons. The van der Waals surface area contributed by atoms with Crippen LogP contribution in [0.1, 0.15) is 38.6 Å². The van der Waals surface area contributed by atoms with Crippen molar-refractivity contribution in [1.82, 2.24) is 9.88 Å². The molecule has 3 aromatic rings. The largest absolute Gasteiger partial charge is 0.338 e. The van der Waals surface area contributed by atoms with E-state index in [-0.39, 0.29) is 11.8 Å². The highest BCUT2D eigenvalue weighted by molar-refractivity contribution is 6.08. The highest BCUT2D eigenvalue weighted by atomic mass is 16.2. The van der Waals surface area contributed by atoms with Crippen LogP contribution in [-0.4, -0.2) is 34.8 Å². The summed E-state index contributed by atoms with van der Waals surface area (Å²) in [5.41, 5.74) is 2.74. The lowest BCUT2D eigenvalue weighted by atomic mass is 9.99. The van der Waals surface area contributed by atoms with E-state index in [4.69, 9.17) is 0 Å². The van der Waals surface area contributed by atoms with E-state index in [2.05, 4.69) is 22.4 Å². The van der Waals surface area contributed by atoms with Crippen LogP contribution in [0.4, 0.5) is 5.69 Å². The van der Waals surface area contributed by atoms with Gasteiger partial charge in [-0.25, -0.2) is 0 Å². The summed E-state index contributed by atoms with van der Waals surface area (Å²) in [5.74, 6) is 0.0137. The van der Waals surface area contributed by atoms with E-state index in [0.717, 1.165) is 6.42 Å². The van der Waals surface area contributed by atoms with Crippen molar-refractivity contribution in [1.29, 1.82) is 0 Å². The van der Waals surface area contributed by atoms with E-state index in [0.29, 0.717) is 35.8 Å². The van der Waals surface area contributed by atoms with E-state index in [9.17, 15) is 9.59 Å². The van der Waals surface area contributed by atoms with Crippen LogP contribution in [0, 0.1) is 0 Å². The van der Waals surface area contributed by atoms with Gasteiger partial charge in [0.1, 0.15) is 0 Å². The highest BCUT2D eigenvalue weighted by Gasteiger charge is 2.29. The number of likely N-dealkylation sites (tertiary alicyclic amines) is 1. The molecule has 5 nitrogen and oxygen atoms in total. The first-order chi connectivity index (χ1) is 13.7. The van der Waals surface area contributed by atoms with Gasteiger partial charge in [-0.2, -0.15) is 0 Å². The first kappa shape index (κ1) is 17.9. The lowest BCUT2D eigenvalue weighted by Crippen LogP contribution is -2.29. The Morgan fingerprint density at radius 1 is 0.964 bits per heavy atom. The lowest BCUT2D eigenvalue weighted by Gasteiger charge is -2.19. The Kier molecular flexibility index (Phi) is 5.15. The van der Waals surface area contributed by atoms with Gasteiger partial charge in [-0.1, -0.05) is 42.5 Å². The van der Waals surface area contributed by atoms with Gasteiger partial charge in [0.2, 0.25) is 0 Å². The molecule has 5 heteroatoms. The molecule has 1 atom stereocenters. The summed E-state index contributed by atoms with van der Waals surface area (Å²) in [6.07, 6.45) is 4.06. The molecule has 1 saturated heterocycles. The summed E-state index contributed by atoms with van der Waals surface area (Å²) in [5, 5.41) is 2.85. The monoisotopic (exact) mass is 371 g/mol. The maximum atomic E-state index is 13.1. The van der Waals surface area contributed by atoms with Crippen LogP contribution in [0.3, 0.4) is 0 Å². The number of para-hydroxylation sites is 1. The maximum absolute atomic E-state index is 13.1. The molecule has 0 radical (unpaired) electrons. The number of hydrogen-bond donors (Lipinski definition) is 1. The van der Waals surface area contributed by atoms with Crippen LogP contribution in [0.2, 0.25) is 0 Å². The molecule has 2 amide bonds. The Morgan fingerprint density at radius 3 is 2.54 bits per heavy atom. The number of hydrogen-bond acceptors (Lipinski definition) is 3. The Labute approximate surface area is 164 Å². The third-order valence-corrected chi connectivity index (χ3v) is 5.08. The molecular formula is C23H21N3O2.